The topological polar surface area (TPSA) is 35.5 Å². The maximum Gasteiger partial charge on any atom is 0.513 e. The first-order chi connectivity index (χ1) is 13.3. The summed E-state index contributed by atoms with van der Waals surface area (Å²) in [5.74, 6) is 0.467. The average Bonchev–Trinajstić information content (AvgIpc) is 3.03. The van der Waals surface area contributed by atoms with Gasteiger partial charge in [-0.2, -0.15) is 0 Å². The van der Waals surface area contributed by atoms with Gasteiger partial charge in [-0.3, -0.25) is 0 Å². The van der Waals surface area contributed by atoms with Crippen molar-refractivity contribution >= 4 is 11.7 Å². The van der Waals surface area contributed by atoms with Crippen molar-refractivity contribution in [3.8, 4) is 0 Å². The van der Waals surface area contributed by atoms with Crippen LogP contribution in [-0.2, 0) is 9.47 Å². The van der Waals surface area contributed by atoms with Crippen LogP contribution in [0.4, 0.5) is 4.79 Å². The van der Waals surface area contributed by atoms with Crippen molar-refractivity contribution in [2.24, 2.45) is 0 Å². The maximum absolute atomic E-state index is 12.2. The molecule has 0 heterocycles. The molecule has 3 aromatic rings. The minimum absolute atomic E-state index is 0.151. The Hall–Kier alpha value is -3.33. The van der Waals surface area contributed by atoms with Gasteiger partial charge in [0.25, 0.3) is 0 Å². The third-order valence-electron chi connectivity index (χ3n) is 4.70. The average molecular weight is 356 g/mol. The molecule has 0 aliphatic heterocycles. The number of allylic oxidation sites excluding steroid dienone is 1. The van der Waals surface area contributed by atoms with Crippen LogP contribution < -0.4 is 0 Å². The van der Waals surface area contributed by atoms with E-state index in [0.29, 0.717) is 5.76 Å². The molecule has 1 aliphatic rings. The summed E-state index contributed by atoms with van der Waals surface area (Å²) >= 11 is 0. The number of hydrogen-bond donors (Lipinski definition) is 0. The molecule has 0 amide bonds. The minimum atomic E-state index is -0.672. The van der Waals surface area contributed by atoms with Gasteiger partial charge in [0.2, 0.25) is 0 Å². The summed E-state index contributed by atoms with van der Waals surface area (Å²) in [6.45, 7) is 2.04. The van der Waals surface area contributed by atoms with E-state index in [9.17, 15) is 4.79 Å². The third kappa shape index (κ3) is 3.24. The lowest BCUT2D eigenvalue weighted by molar-refractivity contribution is 0.0797. The molecule has 1 aliphatic carbocycles. The number of carbonyl (C=O) groups excluding carboxylic acids is 1. The Morgan fingerprint density at radius 3 is 2.19 bits per heavy atom. The van der Waals surface area contributed by atoms with Crippen LogP contribution in [0.1, 0.15) is 35.1 Å². The molecule has 0 saturated carbocycles. The highest BCUT2D eigenvalue weighted by atomic mass is 16.7. The summed E-state index contributed by atoms with van der Waals surface area (Å²) in [6.07, 6.45) is -0.672. The number of hydrogen-bond acceptors (Lipinski definition) is 3. The van der Waals surface area contributed by atoms with Crippen molar-refractivity contribution in [3.63, 3.8) is 0 Å². The number of carbonyl (C=O) groups is 1. The predicted molar refractivity (Wildman–Crippen MR) is 105 cm³/mol. The monoisotopic (exact) mass is 356 g/mol. The van der Waals surface area contributed by atoms with E-state index in [4.69, 9.17) is 9.47 Å². The van der Waals surface area contributed by atoms with Gasteiger partial charge in [0.05, 0.1) is 12.5 Å². The van der Waals surface area contributed by atoms with Gasteiger partial charge < -0.3 is 9.47 Å². The van der Waals surface area contributed by atoms with Crippen LogP contribution in [0.5, 0.6) is 0 Å². The van der Waals surface area contributed by atoms with Gasteiger partial charge in [0.15, 0.2) is 0 Å². The Kier molecular flexibility index (Phi) is 4.75. The van der Waals surface area contributed by atoms with Gasteiger partial charge in [-0.1, -0.05) is 84.9 Å². The van der Waals surface area contributed by atoms with Crippen molar-refractivity contribution in [3.05, 3.63) is 113 Å². The second-order valence-electron chi connectivity index (χ2n) is 6.32. The van der Waals surface area contributed by atoms with Gasteiger partial charge in [-0.25, -0.2) is 4.79 Å². The van der Waals surface area contributed by atoms with Crippen LogP contribution >= 0.6 is 0 Å². The number of fused-ring (bicyclic) bond motifs is 1. The normalized spacial score (nSPS) is 15.4. The van der Waals surface area contributed by atoms with Crippen LogP contribution in [0.25, 0.3) is 5.57 Å². The van der Waals surface area contributed by atoms with E-state index in [2.05, 4.69) is 24.3 Å². The van der Waals surface area contributed by atoms with Crippen LogP contribution in [0.2, 0.25) is 0 Å². The zero-order chi connectivity index (χ0) is 18.6. The molecule has 1 atom stereocenters. The SMILES string of the molecule is CCOC(=O)OC1=C(c2ccccc2)c2ccccc2C1c1ccccc1. The highest BCUT2D eigenvalue weighted by Gasteiger charge is 2.36. The summed E-state index contributed by atoms with van der Waals surface area (Å²) in [6, 6.07) is 28.3. The summed E-state index contributed by atoms with van der Waals surface area (Å²) in [7, 11) is 0. The van der Waals surface area contributed by atoms with Gasteiger partial charge in [0.1, 0.15) is 5.76 Å². The minimum Gasteiger partial charge on any atom is -0.434 e. The van der Waals surface area contributed by atoms with Gasteiger partial charge >= 0.3 is 6.16 Å². The first-order valence-corrected chi connectivity index (χ1v) is 9.08. The molecule has 134 valence electrons. The van der Waals surface area contributed by atoms with Crippen molar-refractivity contribution in [2.75, 3.05) is 6.61 Å². The fourth-order valence-electron chi connectivity index (χ4n) is 3.62. The lowest BCUT2D eigenvalue weighted by atomic mass is 9.92. The molecular formula is C24H20O3. The maximum atomic E-state index is 12.2. The summed E-state index contributed by atoms with van der Waals surface area (Å²) in [5.41, 5.74) is 5.24. The second-order valence-corrected chi connectivity index (χ2v) is 6.32. The first-order valence-electron chi connectivity index (χ1n) is 9.08. The highest BCUT2D eigenvalue weighted by molar-refractivity contribution is 5.89. The Balaban J connectivity index is 1.93. The summed E-state index contributed by atoms with van der Waals surface area (Å²) < 4.78 is 10.9. The van der Waals surface area contributed by atoms with E-state index in [1.807, 2.05) is 60.7 Å². The smallest absolute Gasteiger partial charge is 0.434 e. The Morgan fingerprint density at radius 2 is 1.48 bits per heavy atom. The molecular weight excluding hydrogens is 336 g/mol. The van der Waals surface area contributed by atoms with Crippen LogP contribution in [0.3, 0.4) is 0 Å². The zero-order valence-electron chi connectivity index (χ0n) is 15.1. The quantitative estimate of drug-likeness (QED) is 0.557. The summed E-state index contributed by atoms with van der Waals surface area (Å²) in [5, 5.41) is 0. The van der Waals surface area contributed by atoms with Crippen LogP contribution in [0, 0.1) is 0 Å². The summed E-state index contributed by atoms with van der Waals surface area (Å²) in [4.78, 5) is 12.2. The molecule has 3 nitrogen and oxygen atoms in total. The second kappa shape index (κ2) is 7.50. The Bertz CT molecular complexity index is 975. The third-order valence-corrected chi connectivity index (χ3v) is 4.70. The van der Waals surface area contributed by atoms with Gasteiger partial charge in [-0.15, -0.1) is 0 Å². The molecule has 0 spiro atoms. The molecule has 0 bridgehead atoms. The lowest BCUT2D eigenvalue weighted by Gasteiger charge is -2.17. The zero-order valence-corrected chi connectivity index (χ0v) is 15.1. The molecule has 0 radical (unpaired) electrons. The molecule has 0 N–H and O–H groups in total. The van der Waals surface area contributed by atoms with Crippen molar-refractivity contribution in [1.29, 1.82) is 0 Å². The van der Waals surface area contributed by atoms with E-state index in [1.54, 1.807) is 6.92 Å². The van der Waals surface area contributed by atoms with E-state index >= 15 is 0 Å². The predicted octanol–water partition coefficient (Wildman–Crippen LogP) is 5.76. The van der Waals surface area contributed by atoms with Crippen molar-refractivity contribution in [2.45, 2.75) is 12.8 Å². The van der Waals surface area contributed by atoms with Gasteiger partial charge in [0, 0.05) is 5.57 Å². The standard InChI is InChI=1S/C24H20O3/c1-2-26-24(25)27-23-21(17-11-5-3-6-12-17)19-15-9-10-16-20(19)22(23)18-13-7-4-8-14-18/h3-16,21H,2H2,1H3. The number of ether oxygens (including phenoxy) is 2. The number of benzene rings is 3. The van der Waals surface area contributed by atoms with Crippen LogP contribution in [0.15, 0.2) is 90.7 Å². The largest absolute Gasteiger partial charge is 0.513 e. The van der Waals surface area contributed by atoms with E-state index in [-0.39, 0.29) is 12.5 Å². The van der Waals surface area contributed by atoms with Crippen LogP contribution in [-0.4, -0.2) is 12.8 Å². The van der Waals surface area contributed by atoms with Gasteiger partial charge in [-0.05, 0) is 29.2 Å². The molecule has 1 unspecified atom stereocenters. The van der Waals surface area contributed by atoms with E-state index < -0.39 is 6.16 Å². The Labute approximate surface area is 158 Å². The fourth-order valence-corrected chi connectivity index (χ4v) is 3.62. The fraction of sp³-hybridized carbons (Fsp3) is 0.125. The molecule has 3 heteroatoms. The first kappa shape index (κ1) is 17.1. The molecule has 3 aromatic carbocycles. The Morgan fingerprint density at radius 1 is 0.852 bits per heavy atom. The van der Waals surface area contributed by atoms with Crippen molar-refractivity contribution < 1.29 is 14.3 Å². The van der Waals surface area contributed by atoms with Crippen molar-refractivity contribution in [1.82, 2.24) is 0 Å². The van der Waals surface area contributed by atoms with E-state index in [1.165, 1.54) is 0 Å². The highest BCUT2D eigenvalue weighted by Crippen LogP contribution is 2.48. The molecule has 27 heavy (non-hydrogen) atoms. The molecule has 0 saturated heterocycles. The van der Waals surface area contributed by atoms with E-state index in [0.717, 1.165) is 27.8 Å². The number of rotatable bonds is 4. The molecule has 4 rings (SSSR count). The lowest BCUT2D eigenvalue weighted by Crippen LogP contribution is -2.12. The molecule has 0 fully saturated rings. The molecule has 0 aromatic heterocycles.